The van der Waals surface area contributed by atoms with Gasteiger partial charge >= 0.3 is 0 Å². The highest BCUT2D eigenvalue weighted by Crippen LogP contribution is 2.35. The van der Waals surface area contributed by atoms with Gasteiger partial charge in [-0.05, 0) is 32.3 Å². The van der Waals surface area contributed by atoms with E-state index in [0.29, 0.717) is 5.92 Å². The maximum Gasteiger partial charge on any atom is 0.141 e. The van der Waals surface area contributed by atoms with Crippen LogP contribution in [-0.4, -0.2) is 5.16 Å². The third kappa shape index (κ3) is 2.46. The Morgan fingerprint density at radius 3 is 2.70 bits per heavy atom. The van der Waals surface area contributed by atoms with Gasteiger partial charge in [0.15, 0.2) is 0 Å². The molecule has 2 nitrogen and oxygen atoms in total. The van der Waals surface area contributed by atoms with Gasteiger partial charge in [0.05, 0.1) is 5.69 Å². The van der Waals surface area contributed by atoms with Gasteiger partial charge in [0.2, 0.25) is 0 Å². The molecule has 102 valence electrons. The molecule has 1 heterocycles. The zero-order valence-electron chi connectivity index (χ0n) is 12.0. The summed E-state index contributed by atoms with van der Waals surface area (Å²) < 4.78 is 5.47. The fourth-order valence-electron chi connectivity index (χ4n) is 2.69. The van der Waals surface area contributed by atoms with Crippen molar-refractivity contribution in [1.82, 2.24) is 5.16 Å². The van der Waals surface area contributed by atoms with Crippen LogP contribution in [-0.2, 0) is 0 Å². The van der Waals surface area contributed by atoms with Crippen LogP contribution in [0.4, 0.5) is 0 Å². The predicted molar refractivity (Wildman–Crippen MR) is 81.7 cm³/mol. The molecule has 0 radical (unpaired) electrons. The summed E-state index contributed by atoms with van der Waals surface area (Å²) in [6.45, 7) is 4.09. The minimum absolute atomic E-state index is 0.332. The summed E-state index contributed by atoms with van der Waals surface area (Å²) in [6, 6.07) is 8.57. The lowest BCUT2D eigenvalue weighted by atomic mass is 9.92. The summed E-state index contributed by atoms with van der Waals surface area (Å²) in [5.74, 6) is 1.23. The smallest absolute Gasteiger partial charge is 0.141 e. The molecular weight excluding hydrogens is 246 g/mol. The van der Waals surface area contributed by atoms with Crippen LogP contribution in [0.25, 0.3) is 11.1 Å². The van der Waals surface area contributed by atoms with Crippen molar-refractivity contribution in [3.05, 3.63) is 65.6 Å². The van der Waals surface area contributed by atoms with Crippen LogP contribution in [0.5, 0.6) is 0 Å². The quantitative estimate of drug-likeness (QED) is 0.768. The molecule has 20 heavy (non-hydrogen) atoms. The molecule has 0 amide bonds. The Morgan fingerprint density at radius 2 is 1.90 bits per heavy atom. The molecule has 3 rings (SSSR count). The van der Waals surface area contributed by atoms with Crippen LogP contribution in [0.3, 0.4) is 0 Å². The fraction of sp³-hybridized carbons (Fsp3) is 0.278. The van der Waals surface area contributed by atoms with Gasteiger partial charge in [0.1, 0.15) is 5.76 Å². The number of rotatable bonds is 2. The van der Waals surface area contributed by atoms with Crippen molar-refractivity contribution in [3.63, 3.8) is 0 Å². The molecule has 0 saturated heterocycles. The van der Waals surface area contributed by atoms with Crippen molar-refractivity contribution >= 4 is 0 Å². The van der Waals surface area contributed by atoms with Gasteiger partial charge in [-0.2, -0.15) is 0 Å². The molecule has 1 unspecified atom stereocenters. The first-order valence-electron chi connectivity index (χ1n) is 7.12. The molecule has 0 spiro atoms. The number of benzene rings is 1. The van der Waals surface area contributed by atoms with Gasteiger partial charge < -0.3 is 4.52 Å². The van der Waals surface area contributed by atoms with Crippen molar-refractivity contribution in [2.24, 2.45) is 0 Å². The minimum Gasteiger partial charge on any atom is -0.361 e. The van der Waals surface area contributed by atoms with Gasteiger partial charge in [-0.1, -0.05) is 59.3 Å². The Morgan fingerprint density at radius 1 is 1.10 bits per heavy atom. The first-order chi connectivity index (χ1) is 9.75. The van der Waals surface area contributed by atoms with Crippen LogP contribution >= 0.6 is 0 Å². The average Bonchev–Trinajstić information content (AvgIpc) is 2.67. The molecule has 1 aromatic heterocycles. The maximum absolute atomic E-state index is 5.47. The van der Waals surface area contributed by atoms with Crippen LogP contribution in [0, 0.1) is 13.8 Å². The van der Waals surface area contributed by atoms with Crippen LogP contribution in [0.15, 0.2) is 53.1 Å². The highest BCUT2D eigenvalue weighted by molar-refractivity contribution is 5.69. The Labute approximate surface area is 119 Å². The van der Waals surface area contributed by atoms with E-state index in [9.17, 15) is 0 Å². The minimum atomic E-state index is 0.332. The topological polar surface area (TPSA) is 26.0 Å². The average molecular weight is 265 g/mol. The summed E-state index contributed by atoms with van der Waals surface area (Å²) in [6.07, 6.45) is 10.8. The summed E-state index contributed by atoms with van der Waals surface area (Å²) in [5, 5.41) is 4.33. The van der Waals surface area contributed by atoms with Gasteiger partial charge in [0, 0.05) is 11.5 Å². The number of hydrogen-bond acceptors (Lipinski definition) is 2. The normalized spacial score (nSPS) is 18.2. The van der Waals surface area contributed by atoms with E-state index in [1.807, 2.05) is 6.92 Å². The standard InChI is InChI=1S/C18H19NO/c1-13-9-11-15(12-10-13)17-14(2)20-19-18(17)16-7-5-3-4-6-8-16/h3-5,7,9-12,16H,6,8H2,1-2H3. The van der Waals surface area contributed by atoms with E-state index in [1.54, 1.807) is 0 Å². The monoisotopic (exact) mass is 265 g/mol. The molecule has 1 atom stereocenters. The molecular formula is C18H19NO. The van der Waals surface area contributed by atoms with Crippen molar-refractivity contribution in [3.8, 4) is 11.1 Å². The van der Waals surface area contributed by atoms with Crippen molar-refractivity contribution in [1.29, 1.82) is 0 Å². The predicted octanol–water partition coefficient (Wildman–Crippen LogP) is 4.95. The summed E-state index contributed by atoms with van der Waals surface area (Å²) >= 11 is 0. The lowest BCUT2D eigenvalue weighted by Crippen LogP contribution is -1.97. The van der Waals surface area contributed by atoms with E-state index in [-0.39, 0.29) is 0 Å². The van der Waals surface area contributed by atoms with Gasteiger partial charge in [-0.15, -0.1) is 0 Å². The van der Waals surface area contributed by atoms with Crippen molar-refractivity contribution < 1.29 is 4.52 Å². The number of aromatic nitrogens is 1. The molecule has 0 aliphatic heterocycles. The first-order valence-corrected chi connectivity index (χ1v) is 7.12. The lowest BCUT2D eigenvalue weighted by Gasteiger charge is -2.10. The van der Waals surface area contributed by atoms with E-state index >= 15 is 0 Å². The van der Waals surface area contributed by atoms with E-state index in [2.05, 4.69) is 60.6 Å². The number of allylic oxidation sites excluding steroid dienone is 4. The van der Waals surface area contributed by atoms with Crippen LogP contribution in [0.1, 0.15) is 35.8 Å². The van der Waals surface area contributed by atoms with E-state index in [4.69, 9.17) is 4.52 Å². The van der Waals surface area contributed by atoms with Crippen molar-refractivity contribution in [2.45, 2.75) is 32.6 Å². The molecule has 1 aliphatic rings. The highest BCUT2D eigenvalue weighted by Gasteiger charge is 2.21. The second-order valence-electron chi connectivity index (χ2n) is 5.36. The van der Waals surface area contributed by atoms with Gasteiger partial charge in [-0.3, -0.25) is 0 Å². The van der Waals surface area contributed by atoms with Crippen molar-refractivity contribution in [2.75, 3.05) is 0 Å². The number of hydrogen-bond donors (Lipinski definition) is 0. The molecule has 2 aromatic rings. The Bertz CT molecular complexity index is 647. The molecule has 0 N–H and O–H groups in total. The molecule has 0 bridgehead atoms. The third-order valence-electron chi connectivity index (χ3n) is 3.82. The highest BCUT2D eigenvalue weighted by atomic mass is 16.5. The fourth-order valence-corrected chi connectivity index (χ4v) is 2.69. The SMILES string of the molecule is Cc1ccc(-c2c(C3C=CC=CCC3)noc2C)cc1. The van der Waals surface area contributed by atoms with E-state index in [1.165, 1.54) is 11.1 Å². The lowest BCUT2D eigenvalue weighted by molar-refractivity contribution is 0.387. The third-order valence-corrected chi connectivity index (χ3v) is 3.82. The Balaban J connectivity index is 2.03. The summed E-state index contributed by atoms with van der Waals surface area (Å²) in [7, 11) is 0. The van der Waals surface area contributed by atoms with E-state index < -0.39 is 0 Å². The Hall–Kier alpha value is -2.09. The number of nitrogens with zero attached hydrogens (tertiary/aromatic N) is 1. The molecule has 0 fully saturated rings. The molecule has 1 aromatic carbocycles. The zero-order chi connectivity index (χ0) is 13.9. The molecule has 2 heteroatoms. The summed E-state index contributed by atoms with van der Waals surface area (Å²) in [4.78, 5) is 0. The first kappa shape index (κ1) is 12.9. The zero-order valence-corrected chi connectivity index (χ0v) is 12.0. The number of aryl methyl sites for hydroxylation is 2. The second kappa shape index (κ2) is 5.49. The second-order valence-corrected chi connectivity index (χ2v) is 5.36. The van der Waals surface area contributed by atoms with Crippen LogP contribution < -0.4 is 0 Å². The summed E-state index contributed by atoms with van der Waals surface area (Å²) in [5.41, 5.74) is 4.67. The largest absolute Gasteiger partial charge is 0.361 e. The van der Waals surface area contributed by atoms with E-state index in [0.717, 1.165) is 29.9 Å². The molecule has 0 saturated carbocycles. The molecule has 1 aliphatic carbocycles. The van der Waals surface area contributed by atoms with Gasteiger partial charge in [0.25, 0.3) is 0 Å². The maximum atomic E-state index is 5.47. The Kier molecular flexibility index (Phi) is 3.55. The van der Waals surface area contributed by atoms with Crippen LogP contribution in [0.2, 0.25) is 0 Å². The van der Waals surface area contributed by atoms with Gasteiger partial charge in [-0.25, -0.2) is 0 Å².